The predicted octanol–water partition coefficient (Wildman–Crippen LogP) is 2.33. The topological polar surface area (TPSA) is 65.5 Å². The van der Waals surface area contributed by atoms with Gasteiger partial charge in [-0.25, -0.2) is 0 Å². The molecule has 0 spiro atoms. The Morgan fingerprint density at radius 1 is 0.947 bits per heavy atom. The molecule has 6 heteroatoms. The van der Waals surface area contributed by atoms with E-state index in [4.69, 9.17) is 14.2 Å². The van der Waals surface area contributed by atoms with Crippen LogP contribution in [0.3, 0.4) is 0 Å². The number of nitrogens with zero attached hydrogens (tertiary/aromatic N) is 2. The average Bonchev–Trinajstić information content (AvgIpc) is 2.47. The summed E-state index contributed by atoms with van der Waals surface area (Å²) in [6, 6.07) is 5.26. The summed E-state index contributed by atoms with van der Waals surface area (Å²) in [7, 11) is 4.93. The molecule has 2 rings (SSSR count). The first-order valence-electron chi connectivity index (χ1n) is 5.66. The molecular weight excluding hydrogens is 246 g/mol. The van der Waals surface area contributed by atoms with Crippen LogP contribution in [0, 0.1) is 0 Å². The van der Waals surface area contributed by atoms with Crippen LogP contribution in [-0.2, 0) is 0 Å². The van der Waals surface area contributed by atoms with Gasteiger partial charge >= 0.3 is 0 Å². The third-order valence-corrected chi connectivity index (χ3v) is 2.42. The van der Waals surface area contributed by atoms with Crippen LogP contribution in [0.5, 0.6) is 23.1 Å². The molecule has 0 aliphatic heterocycles. The van der Waals surface area contributed by atoms with Gasteiger partial charge in [0.05, 0.1) is 26.6 Å². The lowest BCUT2D eigenvalue weighted by Crippen LogP contribution is -1.96. The van der Waals surface area contributed by atoms with Crippen LogP contribution >= 0.6 is 0 Å². The summed E-state index contributed by atoms with van der Waals surface area (Å²) in [5.41, 5.74) is 0. The summed E-state index contributed by atoms with van der Waals surface area (Å²) in [6.45, 7) is 0. The fraction of sp³-hybridized carbons (Fsp3) is 0.231. The van der Waals surface area contributed by atoms with Gasteiger partial charge < -0.3 is 19.5 Å². The van der Waals surface area contributed by atoms with Gasteiger partial charge in [-0.2, -0.15) is 4.98 Å². The van der Waals surface area contributed by atoms with Crippen LogP contribution in [0.15, 0.2) is 30.6 Å². The SMILES string of the molecule is CNc1cncc(Oc2cc(OC)cc(OC)c2)n1. The summed E-state index contributed by atoms with van der Waals surface area (Å²) >= 11 is 0. The number of benzene rings is 1. The van der Waals surface area contributed by atoms with E-state index in [9.17, 15) is 0 Å². The predicted molar refractivity (Wildman–Crippen MR) is 71.2 cm³/mol. The van der Waals surface area contributed by atoms with Crippen molar-refractivity contribution < 1.29 is 14.2 Å². The maximum Gasteiger partial charge on any atom is 0.239 e. The van der Waals surface area contributed by atoms with Crippen LogP contribution in [0.4, 0.5) is 5.82 Å². The summed E-state index contributed by atoms with van der Waals surface area (Å²) < 4.78 is 16.0. The van der Waals surface area contributed by atoms with Gasteiger partial charge in [-0.3, -0.25) is 4.98 Å². The largest absolute Gasteiger partial charge is 0.496 e. The molecule has 0 amide bonds. The quantitative estimate of drug-likeness (QED) is 0.891. The third kappa shape index (κ3) is 3.25. The summed E-state index contributed by atoms with van der Waals surface area (Å²) in [5.74, 6) is 2.88. The number of hydrogen-bond acceptors (Lipinski definition) is 6. The number of anilines is 1. The molecular formula is C13H15N3O3. The average molecular weight is 261 g/mol. The molecule has 2 aromatic rings. The second-order valence-electron chi connectivity index (χ2n) is 3.64. The van der Waals surface area contributed by atoms with Gasteiger partial charge in [0.1, 0.15) is 23.1 Å². The van der Waals surface area contributed by atoms with Gasteiger partial charge in [0.25, 0.3) is 0 Å². The van der Waals surface area contributed by atoms with Crippen LogP contribution in [-0.4, -0.2) is 31.2 Å². The van der Waals surface area contributed by atoms with E-state index in [1.54, 1.807) is 45.7 Å². The molecule has 0 aliphatic rings. The van der Waals surface area contributed by atoms with E-state index in [0.29, 0.717) is 28.9 Å². The molecule has 0 aliphatic carbocycles. The number of aromatic nitrogens is 2. The minimum atomic E-state index is 0.391. The van der Waals surface area contributed by atoms with E-state index in [0.717, 1.165) is 0 Å². The van der Waals surface area contributed by atoms with Crippen molar-refractivity contribution in [2.24, 2.45) is 0 Å². The summed E-state index contributed by atoms with van der Waals surface area (Å²) in [5, 5.41) is 2.90. The van der Waals surface area contributed by atoms with E-state index in [-0.39, 0.29) is 0 Å². The highest BCUT2D eigenvalue weighted by atomic mass is 16.5. The minimum Gasteiger partial charge on any atom is -0.496 e. The molecule has 0 unspecified atom stereocenters. The van der Waals surface area contributed by atoms with Crippen molar-refractivity contribution in [1.82, 2.24) is 9.97 Å². The number of nitrogens with one attached hydrogen (secondary N) is 1. The molecule has 1 aromatic heterocycles. The zero-order valence-electron chi connectivity index (χ0n) is 11.0. The highest BCUT2D eigenvalue weighted by molar-refractivity contribution is 5.43. The van der Waals surface area contributed by atoms with Gasteiger partial charge in [0.15, 0.2) is 0 Å². The summed E-state index contributed by atoms with van der Waals surface area (Å²) in [6.07, 6.45) is 3.14. The van der Waals surface area contributed by atoms with E-state index in [2.05, 4.69) is 15.3 Å². The van der Waals surface area contributed by atoms with Crippen molar-refractivity contribution in [3.63, 3.8) is 0 Å². The lowest BCUT2D eigenvalue weighted by atomic mass is 10.3. The van der Waals surface area contributed by atoms with Gasteiger partial charge in [0.2, 0.25) is 5.88 Å². The smallest absolute Gasteiger partial charge is 0.239 e. The third-order valence-electron chi connectivity index (χ3n) is 2.42. The van der Waals surface area contributed by atoms with Crippen molar-refractivity contribution in [3.05, 3.63) is 30.6 Å². The molecule has 0 bridgehead atoms. The molecule has 0 saturated carbocycles. The van der Waals surface area contributed by atoms with Crippen molar-refractivity contribution in [2.75, 3.05) is 26.6 Å². The van der Waals surface area contributed by atoms with Crippen LogP contribution in [0.1, 0.15) is 0 Å². The van der Waals surface area contributed by atoms with E-state index >= 15 is 0 Å². The zero-order valence-corrected chi connectivity index (χ0v) is 11.0. The number of ether oxygens (including phenoxy) is 3. The second-order valence-corrected chi connectivity index (χ2v) is 3.64. The Morgan fingerprint density at radius 2 is 1.58 bits per heavy atom. The first kappa shape index (κ1) is 12.9. The number of methoxy groups -OCH3 is 2. The molecule has 6 nitrogen and oxygen atoms in total. The fourth-order valence-corrected chi connectivity index (χ4v) is 1.48. The Hall–Kier alpha value is -2.50. The lowest BCUT2D eigenvalue weighted by molar-refractivity contribution is 0.385. The molecule has 0 atom stereocenters. The Bertz CT molecular complexity index is 538. The van der Waals surface area contributed by atoms with Crippen molar-refractivity contribution in [3.8, 4) is 23.1 Å². The molecule has 0 saturated heterocycles. The Labute approximate surface area is 111 Å². The summed E-state index contributed by atoms with van der Waals surface area (Å²) in [4.78, 5) is 8.24. The van der Waals surface area contributed by atoms with E-state index < -0.39 is 0 Å². The van der Waals surface area contributed by atoms with Crippen LogP contribution in [0.25, 0.3) is 0 Å². The molecule has 1 heterocycles. The highest BCUT2D eigenvalue weighted by Crippen LogP contribution is 2.30. The Kier molecular flexibility index (Phi) is 4.02. The van der Waals surface area contributed by atoms with Crippen molar-refractivity contribution >= 4 is 5.82 Å². The number of hydrogen-bond donors (Lipinski definition) is 1. The number of rotatable bonds is 5. The molecule has 0 fully saturated rings. The Morgan fingerprint density at radius 3 is 2.16 bits per heavy atom. The highest BCUT2D eigenvalue weighted by Gasteiger charge is 2.05. The molecule has 1 N–H and O–H groups in total. The maximum atomic E-state index is 5.63. The standard InChI is InChI=1S/C13H15N3O3/c1-14-12-7-15-8-13(16-12)19-11-5-9(17-2)4-10(6-11)18-3/h4-8H,1-3H3,(H,14,16). The van der Waals surface area contributed by atoms with Gasteiger partial charge in [0, 0.05) is 25.2 Å². The van der Waals surface area contributed by atoms with Crippen LogP contribution < -0.4 is 19.5 Å². The molecule has 1 aromatic carbocycles. The van der Waals surface area contributed by atoms with Crippen molar-refractivity contribution in [2.45, 2.75) is 0 Å². The molecule has 100 valence electrons. The minimum absolute atomic E-state index is 0.391. The van der Waals surface area contributed by atoms with E-state index in [1.807, 2.05) is 0 Å². The van der Waals surface area contributed by atoms with E-state index in [1.165, 1.54) is 6.20 Å². The normalized spacial score (nSPS) is 9.84. The molecule has 19 heavy (non-hydrogen) atoms. The second kappa shape index (κ2) is 5.90. The van der Waals surface area contributed by atoms with Gasteiger partial charge in [-0.05, 0) is 0 Å². The first-order chi connectivity index (χ1) is 9.25. The monoisotopic (exact) mass is 261 g/mol. The van der Waals surface area contributed by atoms with Crippen molar-refractivity contribution in [1.29, 1.82) is 0 Å². The maximum absolute atomic E-state index is 5.63. The molecule has 0 radical (unpaired) electrons. The van der Waals surface area contributed by atoms with Crippen LogP contribution in [0.2, 0.25) is 0 Å². The van der Waals surface area contributed by atoms with Gasteiger partial charge in [-0.15, -0.1) is 0 Å². The first-order valence-corrected chi connectivity index (χ1v) is 5.66. The fourth-order valence-electron chi connectivity index (χ4n) is 1.48. The van der Waals surface area contributed by atoms with Gasteiger partial charge in [-0.1, -0.05) is 0 Å². The lowest BCUT2D eigenvalue weighted by Gasteiger charge is -2.09. The zero-order chi connectivity index (χ0) is 13.7. The Balaban J connectivity index is 2.26.